The summed E-state index contributed by atoms with van der Waals surface area (Å²) in [5, 5.41) is 8.82. The summed E-state index contributed by atoms with van der Waals surface area (Å²) in [6.07, 6.45) is 4.78. The molecule has 1 saturated heterocycles. The van der Waals surface area contributed by atoms with Gasteiger partial charge in [0.25, 0.3) is 5.91 Å². The number of aryl methyl sites for hydroxylation is 1. The highest BCUT2D eigenvalue weighted by molar-refractivity contribution is 6.00. The fourth-order valence-electron chi connectivity index (χ4n) is 4.33. The Morgan fingerprint density at radius 3 is 2.71 bits per heavy atom. The first kappa shape index (κ1) is 18.4. The molecule has 4 rings (SSSR count). The maximum absolute atomic E-state index is 13.3. The number of nitrogens with one attached hydrogen (secondary N) is 1. The van der Waals surface area contributed by atoms with E-state index in [0.29, 0.717) is 18.5 Å². The molecule has 1 aromatic heterocycles. The molecule has 1 aliphatic carbocycles. The van der Waals surface area contributed by atoms with E-state index < -0.39 is 5.91 Å². The number of amides is 2. The van der Waals surface area contributed by atoms with Crippen LogP contribution in [0, 0.1) is 5.41 Å². The van der Waals surface area contributed by atoms with Crippen molar-refractivity contribution in [1.82, 2.24) is 10.5 Å². The van der Waals surface area contributed by atoms with Gasteiger partial charge < -0.3 is 9.80 Å². The maximum Gasteiger partial charge on any atom is 0.274 e. The Morgan fingerprint density at radius 2 is 2.04 bits per heavy atom. The molecule has 7 nitrogen and oxygen atoms in total. The molecule has 146 valence electrons. The summed E-state index contributed by atoms with van der Waals surface area (Å²) in [7, 11) is 3.88. The van der Waals surface area contributed by atoms with Crippen LogP contribution in [0.15, 0.2) is 36.5 Å². The number of nitrogens with zero attached hydrogens (tertiary/aromatic N) is 3. The van der Waals surface area contributed by atoms with Gasteiger partial charge in [0.05, 0.1) is 17.3 Å². The van der Waals surface area contributed by atoms with Crippen LogP contribution in [0.2, 0.25) is 0 Å². The summed E-state index contributed by atoms with van der Waals surface area (Å²) in [5.41, 5.74) is 4.75. The van der Waals surface area contributed by atoms with Crippen LogP contribution < -0.4 is 15.3 Å². The molecule has 1 aromatic carbocycles. The molecule has 7 heteroatoms. The van der Waals surface area contributed by atoms with Gasteiger partial charge in [0.1, 0.15) is 5.82 Å². The third-order valence-electron chi connectivity index (χ3n) is 5.99. The molecule has 1 aliphatic heterocycles. The Balaban J connectivity index is 1.55. The summed E-state index contributed by atoms with van der Waals surface area (Å²) < 4.78 is 0. The molecule has 0 saturated carbocycles. The van der Waals surface area contributed by atoms with Crippen LogP contribution in [0.3, 0.4) is 0 Å². The summed E-state index contributed by atoms with van der Waals surface area (Å²) in [5.74, 6) is 0.508. The van der Waals surface area contributed by atoms with E-state index in [-0.39, 0.29) is 11.3 Å². The number of hydrogen-bond donors (Lipinski definition) is 2. The van der Waals surface area contributed by atoms with Crippen LogP contribution in [0.5, 0.6) is 0 Å². The average molecular weight is 380 g/mol. The zero-order valence-corrected chi connectivity index (χ0v) is 16.1. The van der Waals surface area contributed by atoms with Crippen molar-refractivity contribution in [3.05, 3.63) is 53.2 Å². The molecule has 2 amide bonds. The van der Waals surface area contributed by atoms with Crippen molar-refractivity contribution < 1.29 is 14.8 Å². The number of pyridine rings is 1. The van der Waals surface area contributed by atoms with Gasteiger partial charge in [-0.05, 0) is 61.1 Å². The third-order valence-corrected chi connectivity index (χ3v) is 5.99. The predicted molar refractivity (Wildman–Crippen MR) is 106 cm³/mol. The van der Waals surface area contributed by atoms with E-state index in [2.05, 4.69) is 4.98 Å². The van der Waals surface area contributed by atoms with Crippen LogP contribution in [0.4, 0.5) is 11.5 Å². The fourth-order valence-corrected chi connectivity index (χ4v) is 4.33. The molecule has 2 heterocycles. The van der Waals surface area contributed by atoms with Crippen LogP contribution >= 0.6 is 0 Å². The molecule has 1 fully saturated rings. The van der Waals surface area contributed by atoms with Crippen molar-refractivity contribution in [1.29, 1.82) is 0 Å². The summed E-state index contributed by atoms with van der Waals surface area (Å²) in [4.78, 5) is 33.2. The van der Waals surface area contributed by atoms with E-state index >= 15 is 0 Å². The molecule has 2 aromatic rings. The standard InChI is InChI=1S/C21H24N4O3/c1-24(2)18-6-5-17(13-22-18)25-10-9-21(20(25)27)8-7-14-11-15(19(26)23-28)3-4-16(14)12-21/h3-6,11,13,28H,7-10,12H2,1-2H3,(H,23,26)/t21-/m0/s1. The molecular formula is C21H24N4O3. The molecule has 28 heavy (non-hydrogen) atoms. The van der Waals surface area contributed by atoms with Gasteiger partial charge in [-0.2, -0.15) is 0 Å². The number of rotatable bonds is 3. The van der Waals surface area contributed by atoms with Gasteiger partial charge in [-0.15, -0.1) is 0 Å². The second kappa shape index (κ2) is 6.91. The average Bonchev–Trinajstić information content (AvgIpc) is 3.02. The lowest BCUT2D eigenvalue weighted by Gasteiger charge is -2.33. The lowest BCUT2D eigenvalue weighted by Crippen LogP contribution is -2.39. The minimum absolute atomic E-state index is 0.162. The SMILES string of the molecule is CN(C)c1ccc(N2CC[C@]3(CCc4cc(C(=O)NO)ccc4C3)C2=O)cn1. The Bertz CT molecular complexity index is 926. The van der Waals surface area contributed by atoms with Gasteiger partial charge in [0, 0.05) is 26.2 Å². The molecule has 1 atom stereocenters. The molecular weight excluding hydrogens is 356 g/mol. The highest BCUT2D eigenvalue weighted by Crippen LogP contribution is 2.45. The molecule has 1 spiro atoms. The van der Waals surface area contributed by atoms with Crippen LogP contribution in [0.25, 0.3) is 0 Å². The quantitative estimate of drug-likeness (QED) is 0.630. The lowest BCUT2D eigenvalue weighted by atomic mass is 9.70. The van der Waals surface area contributed by atoms with Gasteiger partial charge in [0.2, 0.25) is 5.91 Å². The van der Waals surface area contributed by atoms with Crippen LogP contribution in [-0.4, -0.2) is 42.6 Å². The van der Waals surface area contributed by atoms with Gasteiger partial charge in [-0.3, -0.25) is 14.8 Å². The Labute approximate surface area is 163 Å². The molecule has 2 N–H and O–H groups in total. The van der Waals surface area contributed by atoms with E-state index in [0.717, 1.165) is 41.9 Å². The number of benzene rings is 1. The Hall–Kier alpha value is -2.93. The Kier molecular flexibility index (Phi) is 4.55. The van der Waals surface area contributed by atoms with E-state index in [4.69, 9.17) is 5.21 Å². The van der Waals surface area contributed by atoms with Crippen LogP contribution in [-0.2, 0) is 17.6 Å². The highest BCUT2D eigenvalue weighted by Gasteiger charge is 2.48. The number of carbonyl (C=O) groups is 2. The molecule has 2 aliphatic rings. The van der Waals surface area contributed by atoms with E-state index in [1.54, 1.807) is 17.7 Å². The first-order valence-corrected chi connectivity index (χ1v) is 9.45. The largest absolute Gasteiger partial charge is 0.363 e. The molecule has 0 bridgehead atoms. The van der Waals surface area contributed by atoms with Crippen molar-refractivity contribution in [2.75, 3.05) is 30.4 Å². The van der Waals surface area contributed by atoms with Gasteiger partial charge in [-0.1, -0.05) is 6.07 Å². The highest BCUT2D eigenvalue weighted by atomic mass is 16.5. The molecule has 0 radical (unpaired) electrons. The number of hydroxylamine groups is 1. The van der Waals surface area contributed by atoms with E-state index in [1.807, 2.05) is 48.2 Å². The van der Waals surface area contributed by atoms with Crippen molar-refractivity contribution in [2.45, 2.75) is 25.7 Å². The Morgan fingerprint density at radius 1 is 1.21 bits per heavy atom. The zero-order valence-electron chi connectivity index (χ0n) is 16.1. The first-order chi connectivity index (χ1) is 13.4. The lowest BCUT2D eigenvalue weighted by molar-refractivity contribution is -0.126. The second-order valence-electron chi connectivity index (χ2n) is 7.86. The second-order valence-corrected chi connectivity index (χ2v) is 7.86. The predicted octanol–water partition coefficient (Wildman–Crippen LogP) is 2.18. The third kappa shape index (κ3) is 3.01. The normalized spacial score (nSPS) is 21.0. The number of aromatic nitrogens is 1. The topological polar surface area (TPSA) is 85.8 Å². The number of fused-ring (bicyclic) bond motifs is 1. The minimum Gasteiger partial charge on any atom is -0.363 e. The summed E-state index contributed by atoms with van der Waals surface area (Å²) in [6, 6.07) is 9.30. The monoisotopic (exact) mass is 380 g/mol. The smallest absolute Gasteiger partial charge is 0.274 e. The number of carbonyl (C=O) groups excluding carboxylic acids is 2. The van der Waals surface area contributed by atoms with Crippen LogP contribution in [0.1, 0.15) is 34.3 Å². The van der Waals surface area contributed by atoms with E-state index in [1.165, 1.54) is 0 Å². The van der Waals surface area contributed by atoms with Crippen molar-refractivity contribution in [2.24, 2.45) is 5.41 Å². The number of anilines is 2. The van der Waals surface area contributed by atoms with Crippen molar-refractivity contribution in [3.63, 3.8) is 0 Å². The summed E-state index contributed by atoms with van der Waals surface area (Å²) >= 11 is 0. The first-order valence-electron chi connectivity index (χ1n) is 9.45. The minimum atomic E-state index is -0.514. The van der Waals surface area contributed by atoms with Crippen molar-refractivity contribution in [3.8, 4) is 0 Å². The molecule has 0 unspecified atom stereocenters. The van der Waals surface area contributed by atoms with Gasteiger partial charge >= 0.3 is 0 Å². The van der Waals surface area contributed by atoms with E-state index in [9.17, 15) is 9.59 Å². The van der Waals surface area contributed by atoms with Crippen molar-refractivity contribution >= 4 is 23.3 Å². The van der Waals surface area contributed by atoms with Gasteiger partial charge in [-0.25, -0.2) is 10.5 Å². The summed E-state index contributed by atoms with van der Waals surface area (Å²) in [6.45, 7) is 0.697. The van der Waals surface area contributed by atoms with Gasteiger partial charge in [0.15, 0.2) is 0 Å². The fraction of sp³-hybridized carbons (Fsp3) is 0.381. The zero-order chi connectivity index (χ0) is 19.9. The maximum atomic E-state index is 13.3. The number of hydrogen-bond acceptors (Lipinski definition) is 5.